The lowest BCUT2D eigenvalue weighted by Crippen LogP contribution is -2.49. The molecule has 0 atom stereocenters. The van der Waals surface area contributed by atoms with Crippen LogP contribution in [0.25, 0.3) is 6.08 Å². The van der Waals surface area contributed by atoms with Gasteiger partial charge in [0.15, 0.2) is 11.5 Å². The summed E-state index contributed by atoms with van der Waals surface area (Å²) in [5.74, 6) is 0.751. The minimum Gasteiger partial charge on any atom is -0.493 e. The van der Waals surface area contributed by atoms with Gasteiger partial charge in [-0.3, -0.25) is 4.79 Å². The van der Waals surface area contributed by atoms with Gasteiger partial charge in [-0.2, -0.15) is 5.26 Å². The third-order valence-corrected chi connectivity index (χ3v) is 6.74. The smallest absolute Gasteiger partial charge is 0.264 e. The van der Waals surface area contributed by atoms with Gasteiger partial charge in [-0.05, 0) is 69.5 Å². The highest BCUT2D eigenvalue weighted by Gasteiger charge is 2.24. The molecule has 1 heterocycles. The van der Waals surface area contributed by atoms with Crippen LogP contribution in [-0.4, -0.2) is 44.1 Å². The van der Waals surface area contributed by atoms with E-state index in [4.69, 9.17) is 21.1 Å². The Balaban J connectivity index is 1.46. The Morgan fingerprint density at radius 1 is 1.08 bits per heavy atom. The van der Waals surface area contributed by atoms with Gasteiger partial charge in [-0.1, -0.05) is 41.9 Å². The second kappa shape index (κ2) is 12.0. The van der Waals surface area contributed by atoms with Crippen LogP contribution in [0.1, 0.15) is 11.1 Å². The molecular weight excluding hydrogens is 542 g/mol. The number of benzene rings is 3. The van der Waals surface area contributed by atoms with Crippen molar-refractivity contribution in [3.8, 4) is 17.6 Å². The largest absolute Gasteiger partial charge is 0.493 e. The van der Waals surface area contributed by atoms with Crippen molar-refractivity contribution >= 4 is 45.2 Å². The topological polar surface area (TPSA) is 65.8 Å². The van der Waals surface area contributed by atoms with Gasteiger partial charge < -0.3 is 19.3 Å². The van der Waals surface area contributed by atoms with Gasteiger partial charge in [0.2, 0.25) is 0 Å². The van der Waals surface area contributed by atoms with Crippen molar-refractivity contribution in [2.75, 3.05) is 38.2 Å². The monoisotopic (exact) mass is 565 g/mol. The molecular formula is C28H25BrClN3O3. The molecule has 0 unspecified atom stereocenters. The third kappa shape index (κ3) is 6.20. The summed E-state index contributed by atoms with van der Waals surface area (Å²) in [5, 5.41) is 10.4. The molecule has 184 valence electrons. The Labute approximate surface area is 224 Å². The molecule has 3 aromatic rings. The molecule has 0 N–H and O–H groups in total. The molecule has 0 bridgehead atoms. The lowest BCUT2D eigenvalue weighted by atomic mass is 10.1. The zero-order valence-electron chi connectivity index (χ0n) is 19.8. The van der Waals surface area contributed by atoms with Crippen molar-refractivity contribution in [3.05, 3.63) is 92.9 Å². The number of anilines is 1. The van der Waals surface area contributed by atoms with Gasteiger partial charge in [0, 0.05) is 36.9 Å². The number of carbonyl (C=O) groups is 1. The molecule has 1 fully saturated rings. The van der Waals surface area contributed by atoms with Crippen LogP contribution in [0, 0.1) is 11.3 Å². The number of carbonyl (C=O) groups excluding carboxylic acids is 1. The number of para-hydroxylation sites is 1. The van der Waals surface area contributed by atoms with Crippen LogP contribution in [0.3, 0.4) is 0 Å². The van der Waals surface area contributed by atoms with Gasteiger partial charge in [0.1, 0.15) is 18.2 Å². The molecule has 1 aliphatic heterocycles. The predicted molar refractivity (Wildman–Crippen MR) is 145 cm³/mol. The standard InChI is InChI=1S/C28H25BrClN3O3/c1-35-26-17-21(16-25(29)27(26)36-19-20-7-9-23(30)10-8-20)15-22(18-31)28(34)33-13-11-32(12-14-33)24-5-3-2-4-6-24/h2-10,15-17H,11-14,19H2,1H3/b22-15-. The summed E-state index contributed by atoms with van der Waals surface area (Å²) in [4.78, 5) is 17.1. The Kier molecular flexibility index (Phi) is 8.52. The van der Waals surface area contributed by atoms with E-state index in [-0.39, 0.29) is 11.5 Å². The van der Waals surface area contributed by atoms with Crippen molar-refractivity contribution in [1.82, 2.24) is 4.90 Å². The van der Waals surface area contributed by atoms with Crippen molar-refractivity contribution in [2.24, 2.45) is 0 Å². The Hall–Kier alpha value is -3.47. The number of nitriles is 1. The maximum absolute atomic E-state index is 13.1. The van der Waals surface area contributed by atoms with E-state index in [1.807, 2.05) is 42.5 Å². The summed E-state index contributed by atoms with van der Waals surface area (Å²) in [7, 11) is 1.55. The van der Waals surface area contributed by atoms with E-state index in [2.05, 4.69) is 39.0 Å². The minimum absolute atomic E-state index is 0.0759. The Bertz CT molecular complexity index is 1280. The number of methoxy groups -OCH3 is 1. The van der Waals surface area contributed by atoms with E-state index in [1.54, 1.807) is 30.2 Å². The van der Waals surface area contributed by atoms with Crippen LogP contribution < -0.4 is 14.4 Å². The molecule has 0 aromatic heterocycles. The molecule has 3 aromatic carbocycles. The van der Waals surface area contributed by atoms with Gasteiger partial charge in [0.25, 0.3) is 5.91 Å². The average Bonchev–Trinajstić information content (AvgIpc) is 2.92. The summed E-state index contributed by atoms with van der Waals surface area (Å²) in [6, 6.07) is 23.1. The fraction of sp³-hybridized carbons (Fsp3) is 0.214. The SMILES string of the molecule is COc1cc(/C=C(/C#N)C(=O)N2CCN(c3ccccc3)CC2)cc(Br)c1OCc1ccc(Cl)cc1. The summed E-state index contributed by atoms with van der Waals surface area (Å²) < 4.78 is 12.2. The Morgan fingerprint density at radius 2 is 1.78 bits per heavy atom. The zero-order chi connectivity index (χ0) is 25.5. The van der Waals surface area contributed by atoms with Gasteiger partial charge >= 0.3 is 0 Å². The van der Waals surface area contributed by atoms with Gasteiger partial charge in [-0.15, -0.1) is 0 Å². The number of halogens is 2. The van der Waals surface area contributed by atoms with Gasteiger partial charge in [-0.25, -0.2) is 0 Å². The maximum atomic E-state index is 13.1. The van der Waals surface area contributed by atoms with E-state index < -0.39 is 0 Å². The highest BCUT2D eigenvalue weighted by atomic mass is 79.9. The Morgan fingerprint density at radius 3 is 2.42 bits per heavy atom. The van der Waals surface area contributed by atoms with E-state index in [0.717, 1.165) is 11.3 Å². The first-order valence-corrected chi connectivity index (χ1v) is 12.6. The van der Waals surface area contributed by atoms with Gasteiger partial charge in [0.05, 0.1) is 11.6 Å². The molecule has 8 heteroatoms. The molecule has 0 aliphatic carbocycles. The number of hydrogen-bond donors (Lipinski definition) is 0. The predicted octanol–water partition coefficient (Wildman–Crippen LogP) is 5.95. The zero-order valence-corrected chi connectivity index (χ0v) is 22.1. The summed E-state index contributed by atoms with van der Waals surface area (Å²) in [6.45, 7) is 2.87. The van der Waals surface area contributed by atoms with Crippen LogP contribution >= 0.6 is 27.5 Å². The van der Waals surface area contributed by atoms with Crippen LogP contribution in [0.5, 0.6) is 11.5 Å². The lowest BCUT2D eigenvalue weighted by Gasteiger charge is -2.36. The summed E-state index contributed by atoms with van der Waals surface area (Å²) >= 11 is 9.49. The van der Waals surface area contributed by atoms with Crippen LogP contribution in [0.2, 0.25) is 5.02 Å². The van der Waals surface area contributed by atoms with Crippen LogP contribution in [0.4, 0.5) is 5.69 Å². The summed E-state index contributed by atoms with van der Waals surface area (Å²) in [5.41, 5.74) is 2.83. The number of piperazine rings is 1. The molecule has 6 nitrogen and oxygen atoms in total. The maximum Gasteiger partial charge on any atom is 0.264 e. The number of ether oxygens (including phenoxy) is 2. The molecule has 1 amide bonds. The van der Waals surface area contributed by atoms with Crippen molar-refractivity contribution in [1.29, 1.82) is 5.26 Å². The van der Waals surface area contributed by atoms with Crippen LogP contribution in [-0.2, 0) is 11.4 Å². The number of nitrogens with zero attached hydrogens (tertiary/aromatic N) is 3. The minimum atomic E-state index is -0.275. The second-order valence-corrected chi connectivity index (χ2v) is 9.52. The van der Waals surface area contributed by atoms with Crippen molar-refractivity contribution in [3.63, 3.8) is 0 Å². The van der Waals surface area contributed by atoms with E-state index in [1.165, 1.54) is 0 Å². The molecule has 4 rings (SSSR count). The molecule has 1 aliphatic rings. The molecule has 0 spiro atoms. The highest BCUT2D eigenvalue weighted by molar-refractivity contribution is 9.10. The molecule has 36 heavy (non-hydrogen) atoms. The van der Waals surface area contributed by atoms with Crippen molar-refractivity contribution in [2.45, 2.75) is 6.61 Å². The first-order valence-electron chi connectivity index (χ1n) is 11.4. The normalized spacial score (nSPS) is 13.8. The lowest BCUT2D eigenvalue weighted by molar-refractivity contribution is -0.126. The molecule has 0 saturated carbocycles. The number of amides is 1. The van der Waals surface area contributed by atoms with E-state index in [9.17, 15) is 10.1 Å². The molecule has 0 radical (unpaired) electrons. The fourth-order valence-corrected chi connectivity index (χ4v) is 4.68. The quantitative estimate of drug-likeness (QED) is 0.261. The van der Waals surface area contributed by atoms with Crippen LogP contribution in [0.15, 0.2) is 76.8 Å². The first-order chi connectivity index (χ1) is 17.5. The average molecular weight is 567 g/mol. The van der Waals surface area contributed by atoms with Crippen molar-refractivity contribution < 1.29 is 14.3 Å². The highest BCUT2D eigenvalue weighted by Crippen LogP contribution is 2.38. The fourth-order valence-electron chi connectivity index (χ4n) is 3.98. The third-order valence-electron chi connectivity index (χ3n) is 5.90. The van der Waals surface area contributed by atoms with E-state index in [0.29, 0.717) is 59.3 Å². The number of rotatable bonds is 7. The second-order valence-electron chi connectivity index (χ2n) is 8.23. The first kappa shape index (κ1) is 25.6. The number of hydrogen-bond acceptors (Lipinski definition) is 5. The summed E-state index contributed by atoms with van der Waals surface area (Å²) in [6.07, 6.45) is 1.59. The molecule has 1 saturated heterocycles. The van der Waals surface area contributed by atoms with E-state index >= 15 is 0 Å².